The van der Waals surface area contributed by atoms with Crippen molar-refractivity contribution in [3.63, 3.8) is 0 Å². The number of phenolic OH excluding ortho intramolecular Hbond substituents is 1. The molecule has 71 heavy (non-hydrogen) atoms. The Kier molecular flexibility index (Phi) is 15.0. The van der Waals surface area contributed by atoms with Gasteiger partial charge in [0.05, 0.1) is 34.9 Å². The van der Waals surface area contributed by atoms with Gasteiger partial charge in [0.25, 0.3) is 0 Å². The molecule has 1 N–H and O–H groups in total. The Hall–Kier alpha value is -5.81. The topological polar surface area (TPSA) is 164 Å². The molecule has 15 nitrogen and oxygen atoms in total. The molecule has 6 aromatic rings. The van der Waals surface area contributed by atoms with Crippen molar-refractivity contribution < 1.29 is 51.1 Å². The minimum atomic E-state index is -3.20. The van der Waals surface area contributed by atoms with E-state index in [1.807, 2.05) is 14.7 Å². The van der Waals surface area contributed by atoms with E-state index >= 15 is 17.6 Å². The van der Waals surface area contributed by atoms with Gasteiger partial charge < -0.3 is 38.6 Å². The fourth-order valence-corrected chi connectivity index (χ4v) is 10.1. The summed E-state index contributed by atoms with van der Waals surface area (Å²) in [6.45, 7) is 15.8. The van der Waals surface area contributed by atoms with Crippen molar-refractivity contribution >= 4 is 82.4 Å². The molecule has 2 aliphatic rings. The Bertz CT molecular complexity index is 3180. The Morgan fingerprint density at radius 3 is 1.87 bits per heavy atom. The summed E-state index contributed by atoms with van der Waals surface area (Å²) < 4.78 is 96.6. The smallest absolute Gasteiger partial charge is 0.319 e. The van der Waals surface area contributed by atoms with Crippen LogP contribution in [0.1, 0.15) is 0 Å². The lowest BCUT2D eigenvalue weighted by Gasteiger charge is -2.38. The number of aromatic hydroxyl groups is 1. The number of piperazine rings is 2. The number of nitrogens with zero attached hydrogens (tertiary/aromatic N) is 8. The number of hydrogen-bond acceptors (Lipinski definition) is 14. The molecule has 4 aromatic carbocycles. The first-order valence-corrected chi connectivity index (χ1v) is 28.3. The van der Waals surface area contributed by atoms with Gasteiger partial charge >= 0.3 is 6.01 Å². The van der Waals surface area contributed by atoms with Crippen molar-refractivity contribution in [1.29, 1.82) is 0 Å². The molecule has 0 radical (unpaired) electrons. The fraction of sp³-hybridized carbons (Fsp3) is 0.312. The second-order valence-corrected chi connectivity index (χ2v) is 25.2. The van der Waals surface area contributed by atoms with Crippen molar-refractivity contribution in [2.24, 2.45) is 0 Å². The Morgan fingerprint density at radius 2 is 1.31 bits per heavy atom. The summed E-state index contributed by atoms with van der Waals surface area (Å²) in [7, 11) is -5.71. The van der Waals surface area contributed by atoms with Crippen LogP contribution >= 0.6 is 37.5 Å². The molecule has 8 rings (SSSR count). The van der Waals surface area contributed by atoms with Crippen molar-refractivity contribution in [2.75, 3.05) is 102 Å². The minimum absolute atomic E-state index is 0.0407. The van der Waals surface area contributed by atoms with Gasteiger partial charge in [-0.15, -0.1) is 0 Å². The number of ether oxygens (including phenoxy) is 1. The highest BCUT2D eigenvalue weighted by Crippen LogP contribution is 2.46. The van der Waals surface area contributed by atoms with Crippen LogP contribution in [0, 0.1) is 23.3 Å². The van der Waals surface area contributed by atoms with Gasteiger partial charge in [-0.3, -0.25) is 9.69 Å². The molecule has 1 atom stereocenters. The molecule has 0 bridgehead atoms. The summed E-state index contributed by atoms with van der Waals surface area (Å²) in [4.78, 5) is 49.0. The number of hydrogen-bond donors (Lipinski definition) is 1. The van der Waals surface area contributed by atoms with Crippen molar-refractivity contribution in [3.8, 4) is 39.8 Å². The first-order valence-electron chi connectivity index (χ1n) is 22.2. The zero-order valence-corrected chi connectivity index (χ0v) is 42.3. The molecule has 374 valence electrons. The summed E-state index contributed by atoms with van der Waals surface area (Å²) in [5, 5.41) is 10.5. The maximum Gasteiger partial charge on any atom is 0.319 e. The van der Waals surface area contributed by atoms with Crippen LogP contribution in [0.15, 0.2) is 73.8 Å². The van der Waals surface area contributed by atoms with E-state index in [0.29, 0.717) is 26.2 Å². The molecule has 2 aromatic heterocycles. The zero-order valence-electron chi connectivity index (χ0n) is 39.0. The van der Waals surface area contributed by atoms with Crippen molar-refractivity contribution in [2.45, 2.75) is 6.23 Å². The third-order valence-electron chi connectivity index (χ3n) is 12.0. The Balaban J connectivity index is 1.06. The lowest BCUT2D eigenvalue weighted by atomic mass is 10.0. The summed E-state index contributed by atoms with van der Waals surface area (Å²) in [6.07, 6.45) is 1.89. The van der Waals surface area contributed by atoms with Crippen LogP contribution in [-0.2, 0) is 18.8 Å². The highest BCUT2D eigenvalue weighted by molar-refractivity contribution is 7.69. The number of halogens is 6. The standard InChI is InChI=1S/C48H48Cl2F4N8O7P2/c1-7-35(64)59-15-19-62(20-16-59)46-28-26-30(50)38(42(54)44(28)56-48(58-46)71(5,6)66)40-32(52)12-10-14-34(40)68-69-36(8-2)60-17-21-61(22-18-60)45-27-25-29(49)37(39-31(51)11-9-13-33(39)63)41(53)43(27)55-47(57-45)67-23-24-70(3,4)65/h7-14,25-26,36,63H,1-2,15-24H2,3-6H3. The van der Waals surface area contributed by atoms with E-state index in [-0.39, 0.29) is 111 Å². The van der Waals surface area contributed by atoms with E-state index < -0.39 is 66.2 Å². The van der Waals surface area contributed by atoms with Gasteiger partial charge in [-0.05, 0) is 75.2 Å². The Morgan fingerprint density at radius 1 is 0.761 bits per heavy atom. The van der Waals surface area contributed by atoms with E-state index in [2.05, 4.69) is 33.1 Å². The van der Waals surface area contributed by atoms with Crippen LogP contribution in [0.5, 0.6) is 17.5 Å². The zero-order chi connectivity index (χ0) is 51.1. The number of phenols is 1. The largest absolute Gasteiger partial charge is 0.507 e. The van der Waals surface area contributed by atoms with Gasteiger partial charge in [-0.2, -0.15) is 14.9 Å². The van der Waals surface area contributed by atoms with E-state index in [4.69, 9.17) is 37.7 Å². The molecule has 2 fully saturated rings. The third-order valence-corrected chi connectivity index (χ3v) is 15.0. The predicted molar refractivity (Wildman–Crippen MR) is 269 cm³/mol. The van der Waals surface area contributed by atoms with E-state index in [0.717, 1.165) is 12.1 Å². The first-order chi connectivity index (χ1) is 33.7. The molecule has 0 spiro atoms. The highest BCUT2D eigenvalue weighted by atomic mass is 35.5. The monoisotopic (exact) mass is 1060 g/mol. The van der Waals surface area contributed by atoms with Crippen LogP contribution in [0.4, 0.5) is 29.2 Å². The number of benzene rings is 4. The van der Waals surface area contributed by atoms with Crippen molar-refractivity contribution in [3.05, 3.63) is 107 Å². The molecular formula is C48H48Cl2F4N8O7P2. The highest BCUT2D eigenvalue weighted by Gasteiger charge is 2.32. The van der Waals surface area contributed by atoms with Gasteiger partial charge in [-0.1, -0.05) is 48.5 Å². The number of amides is 1. The molecule has 4 heterocycles. The van der Waals surface area contributed by atoms with Gasteiger partial charge in [0, 0.05) is 80.4 Å². The van der Waals surface area contributed by atoms with E-state index in [9.17, 15) is 19.0 Å². The lowest BCUT2D eigenvalue weighted by Crippen LogP contribution is -2.51. The molecule has 23 heteroatoms. The van der Waals surface area contributed by atoms with Gasteiger partial charge in [0.1, 0.15) is 47.2 Å². The second-order valence-electron chi connectivity index (χ2n) is 17.7. The molecule has 0 saturated carbocycles. The normalized spacial score (nSPS) is 15.3. The maximum absolute atomic E-state index is 17.1. The first kappa shape index (κ1) is 51.5. The molecule has 1 unspecified atom stereocenters. The number of carbonyl (C=O) groups excluding carboxylic acids is 1. The number of rotatable bonds is 15. The van der Waals surface area contributed by atoms with Crippen LogP contribution < -0.4 is 25.0 Å². The molecule has 0 aliphatic carbocycles. The quantitative estimate of drug-likeness (QED) is 0.0259. The minimum Gasteiger partial charge on any atom is -0.507 e. The van der Waals surface area contributed by atoms with Crippen LogP contribution in [0.25, 0.3) is 44.1 Å². The van der Waals surface area contributed by atoms with Gasteiger partial charge in [0.15, 0.2) is 29.2 Å². The average molecular weight is 1060 g/mol. The predicted octanol–water partition coefficient (Wildman–Crippen LogP) is 9.20. The summed E-state index contributed by atoms with van der Waals surface area (Å²) in [6, 6.07) is 9.91. The number of carbonyl (C=O) groups is 1. The maximum atomic E-state index is 17.1. The van der Waals surface area contributed by atoms with Crippen molar-refractivity contribution in [1.82, 2.24) is 29.7 Å². The molecule has 2 aliphatic heterocycles. The van der Waals surface area contributed by atoms with E-state index in [1.54, 1.807) is 18.2 Å². The fourth-order valence-electron chi connectivity index (χ4n) is 8.31. The van der Waals surface area contributed by atoms with Crippen LogP contribution in [0.2, 0.25) is 10.0 Å². The molecule has 1 amide bonds. The third kappa shape index (κ3) is 10.7. The second kappa shape index (κ2) is 20.7. The molecular weight excluding hydrogens is 1010 g/mol. The van der Waals surface area contributed by atoms with Crippen LogP contribution in [0.3, 0.4) is 0 Å². The van der Waals surface area contributed by atoms with Gasteiger partial charge in [-0.25, -0.2) is 27.5 Å². The van der Waals surface area contributed by atoms with E-state index in [1.165, 1.54) is 61.9 Å². The van der Waals surface area contributed by atoms with Crippen LogP contribution in [-0.4, -0.2) is 139 Å². The number of fused-ring (bicyclic) bond motifs is 2. The summed E-state index contributed by atoms with van der Waals surface area (Å²) in [5.41, 5.74) is -2.26. The summed E-state index contributed by atoms with van der Waals surface area (Å²) >= 11 is 13.5. The average Bonchev–Trinajstić information content (AvgIpc) is 3.32. The van der Waals surface area contributed by atoms with Gasteiger partial charge in [0.2, 0.25) is 5.91 Å². The summed E-state index contributed by atoms with van der Waals surface area (Å²) in [5.74, 6) is -4.41. The molecule has 2 saturated heterocycles. The Labute approximate surface area is 416 Å². The number of aromatic nitrogens is 4. The lowest BCUT2D eigenvalue weighted by molar-refractivity contribution is -0.267. The SMILES string of the molecule is C=CC(=O)N1CCN(c2nc(P(C)(C)=O)nc3c(F)c(-c4c(F)cccc4OOC(C=C)N4CCN(c5nc(OCCP(C)(C)=O)nc6c(F)c(-c7c(O)cccc7F)c(Cl)cc56)CC4)c(Cl)cc23)CC1. The number of anilines is 2.